The number of nitrogens with zero attached hydrogens (tertiary/aromatic N) is 1. The fraction of sp³-hybridized carbons (Fsp3) is 0.500. The SMILES string of the molecule is CN(CCCCCBr)S(=O)(=O)c1cc(Br)ccc1Br. The van der Waals surface area contributed by atoms with Gasteiger partial charge in [0.05, 0.1) is 4.90 Å². The maximum Gasteiger partial charge on any atom is 0.243 e. The molecule has 0 aliphatic heterocycles. The molecule has 0 bridgehead atoms. The Morgan fingerprint density at radius 1 is 1.16 bits per heavy atom. The van der Waals surface area contributed by atoms with Crippen molar-refractivity contribution in [1.82, 2.24) is 4.31 Å². The Bertz CT molecular complexity index is 520. The summed E-state index contributed by atoms with van der Waals surface area (Å²) < 4.78 is 27.6. The van der Waals surface area contributed by atoms with E-state index in [1.807, 2.05) is 0 Å². The molecular formula is C12H16Br3NO2S. The highest BCUT2D eigenvalue weighted by Crippen LogP contribution is 2.27. The van der Waals surface area contributed by atoms with Gasteiger partial charge in [-0.15, -0.1) is 0 Å². The van der Waals surface area contributed by atoms with Crippen molar-refractivity contribution in [2.24, 2.45) is 0 Å². The van der Waals surface area contributed by atoms with Crippen LogP contribution in [-0.4, -0.2) is 31.6 Å². The van der Waals surface area contributed by atoms with Gasteiger partial charge in [-0.05, 0) is 47.0 Å². The highest BCUT2D eigenvalue weighted by atomic mass is 79.9. The van der Waals surface area contributed by atoms with E-state index in [0.717, 1.165) is 29.1 Å². The van der Waals surface area contributed by atoms with Gasteiger partial charge in [0.25, 0.3) is 0 Å². The average Bonchev–Trinajstić information content (AvgIpc) is 2.37. The third-order valence-electron chi connectivity index (χ3n) is 2.69. The van der Waals surface area contributed by atoms with Crippen LogP contribution in [0.1, 0.15) is 19.3 Å². The van der Waals surface area contributed by atoms with E-state index in [-0.39, 0.29) is 0 Å². The van der Waals surface area contributed by atoms with Gasteiger partial charge >= 0.3 is 0 Å². The molecule has 0 saturated heterocycles. The monoisotopic (exact) mass is 475 g/mol. The molecule has 0 amide bonds. The number of hydrogen-bond acceptors (Lipinski definition) is 2. The van der Waals surface area contributed by atoms with Crippen LogP contribution in [0.5, 0.6) is 0 Å². The second-order valence-corrected chi connectivity index (χ2v) is 8.73. The Kier molecular flexibility index (Phi) is 7.53. The molecule has 1 aromatic carbocycles. The van der Waals surface area contributed by atoms with Gasteiger partial charge in [0.2, 0.25) is 10.0 Å². The maximum absolute atomic E-state index is 12.4. The number of alkyl halides is 1. The maximum atomic E-state index is 12.4. The predicted molar refractivity (Wildman–Crippen MR) is 89.3 cm³/mol. The molecule has 7 heteroatoms. The Morgan fingerprint density at radius 3 is 2.47 bits per heavy atom. The fourth-order valence-electron chi connectivity index (χ4n) is 1.57. The Labute approximate surface area is 140 Å². The normalized spacial score (nSPS) is 12.1. The lowest BCUT2D eigenvalue weighted by molar-refractivity contribution is 0.454. The zero-order valence-corrected chi connectivity index (χ0v) is 16.1. The van der Waals surface area contributed by atoms with Crippen molar-refractivity contribution in [2.45, 2.75) is 24.2 Å². The highest BCUT2D eigenvalue weighted by molar-refractivity contribution is 9.11. The van der Waals surface area contributed by atoms with Crippen molar-refractivity contribution >= 4 is 57.8 Å². The molecule has 0 heterocycles. The first-order valence-corrected chi connectivity index (χ1v) is 10.0. The van der Waals surface area contributed by atoms with E-state index in [1.54, 1.807) is 25.2 Å². The zero-order valence-electron chi connectivity index (χ0n) is 10.6. The van der Waals surface area contributed by atoms with Crippen molar-refractivity contribution in [3.63, 3.8) is 0 Å². The summed E-state index contributed by atoms with van der Waals surface area (Å²) in [5, 5.41) is 0.959. The molecule has 1 aromatic rings. The molecule has 0 aliphatic carbocycles. The molecule has 0 fully saturated rings. The first kappa shape index (κ1) is 17.6. The van der Waals surface area contributed by atoms with E-state index in [1.165, 1.54) is 4.31 Å². The minimum atomic E-state index is -3.43. The Balaban J connectivity index is 2.82. The zero-order chi connectivity index (χ0) is 14.5. The molecular weight excluding hydrogens is 462 g/mol. The van der Waals surface area contributed by atoms with E-state index in [2.05, 4.69) is 47.8 Å². The van der Waals surface area contributed by atoms with Crippen LogP contribution in [-0.2, 0) is 10.0 Å². The van der Waals surface area contributed by atoms with Crippen molar-refractivity contribution in [1.29, 1.82) is 0 Å². The second kappa shape index (κ2) is 8.12. The summed E-state index contributed by atoms with van der Waals surface area (Å²) in [5.41, 5.74) is 0. The highest BCUT2D eigenvalue weighted by Gasteiger charge is 2.23. The Morgan fingerprint density at radius 2 is 1.84 bits per heavy atom. The average molecular weight is 478 g/mol. The number of benzene rings is 1. The molecule has 0 spiro atoms. The van der Waals surface area contributed by atoms with Gasteiger partial charge in [0, 0.05) is 27.9 Å². The summed E-state index contributed by atoms with van der Waals surface area (Å²) in [6, 6.07) is 5.16. The van der Waals surface area contributed by atoms with E-state index in [4.69, 9.17) is 0 Å². The third-order valence-corrected chi connectivity index (χ3v) is 6.59. The summed E-state index contributed by atoms with van der Waals surface area (Å²) >= 11 is 9.96. The van der Waals surface area contributed by atoms with Gasteiger partial charge in [-0.1, -0.05) is 38.3 Å². The van der Waals surface area contributed by atoms with Gasteiger partial charge < -0.3 is 0 Å². The third kappa shape index (κ3) is 5.12. The van der Waals surface area contributed by atoms with Crippen molar-refractivity contribution in [3.8, 4) is 0 Å². The van der Waals surface area contributed by atoms with Crippen molar-refractivity contribution < 1.29 is 8.42 Å². The lowest BCUT2D eigenvalue weighted by atomic mass is 10.2. The largest absolute Gasteiger partial charge is 0.243 e. The van der Waals surface area contributed by atoms with Crippen LogP contribution in [0.3, 0.4) is 0 Å². The van der Waals surface area contributed by atoms with Crippen LogP contribution in [0.2, 0.25) is 0 Å². The number of halogens is 3. The van der Waals surface area contributed by atoms with E-state index in [0.29, 0.717) is 15.9 Å². The summed E-state index contributed by atoms with van der Waals surface area (Å²) in [7, 11) is -1.81. The molecule has 0 N–H and O–H groups in total. The van der Waals surface area contributed by atoms with Crippen LogP contribution in [0.4, 0.5) is 0 Å². The van der Waals surface area contributed by atoms with Crippen LogP contribution in [0.15, 0.2) is 32.0 Å². The first-order valence-electron chi connectivity index (χ1n) is 5.87. The van der Waals surface area contributed by atoms with Gasteiger partial charge in [-0.25, -0.2) is 12.7 Å². The minimum Gasteiger partial charge on any atom is -0.207 e. The topological polar surface area (TPSA) is 37.4 Å². The van der Waals surface area contributed by atoms with Crippen LogP contribution in [0, 0.1) is 0 Å². The van der Waals surface area contributed by atoms with Crippen molar-refractivity contribution in [2.75, 3.05) is 18.9 Å². The lowest BCUT2D eigenvalue weighted by Gasteiger charge is -2.18. The molecule has 0 saturated carbocycles. The number of rotatable bonds is 7. The summed E-state index contributed by atoms with van der Waals surface area (Å²) in [5.74, 6) is 0. The van der Waals surface area contributed by atoms with E-state index >= 15 is 0 Å². The van der Waals surface area contributed by atoms with Gasteiger partial charge in [-0.3, -0.25) is 0 Å². The molecule has 3 nitrogen and oxygen atoms in total. The number of sulfonamides is 1. The summed E-state index contributed by atoms with van der Waals surface area (Å²) in [6.45, 7) is 0.536. The first-order chi connectivity index (χ1) is 8.89. The van der Waals surface area contributed by atoms with Crippen LogP contribution >= 0.6 is 47.8 Å². The quantitative estimate of drug-likeness (QED) is 0.431. The van der Waals surface area contributed by atoms with Gasteiger partial charge in [0.15, 0.2) is 0 Å². The van der Waals surface area contributed by atoms with Gasteiger partial charge in [-0.2, -0.15) is 0 Å². The number of hydrogen-bond donors (Lipinski definition) is 0. The van der Waals surface area contributed by atoms with Crippen molar-refractivity contribution in [3.05, 3.63) is 27.1 Å². The second-order valence-electron chi connectivity index (χ2n) is 4.15. The number of unbranched alkanes of at least 4 members (excludes halogenated alkanes) is 2. The molecule has 1 rings (SSSR count). The van der Waals surface area contributed by atoms with Gasteiger partial charge in [0.1, 0.15) is 0 Å². The van der Waals surface area contributed by atoms with E-state index < -0.39 is 10.0 Å². The molecule has 19 heavy (non-hydrogen) atoms. The molecule has 0 aliphatic rings. The molecule has 0 atom stereocenters. The minimum absolute atomic E-state index is 0.296. The predicted octanol–water partition coefficient (Wildman–Crippen LogP) is 4.40. The molecule has 0 radical (unpaired) electrons. The van der Waals surface area contributed by atoms with E-state index in [9.17, 15) is 8.42 Å². The standard InChI is InChI=1S/C12H16Br3NO2S/c1-16(8-4-2-3-7-13)19(17,18)12-9-10(14)5-6-11(12)15/h5-6,9H,2-4,7-8H2,1H3. The molecule has 0 unspecified atom stereocenters. The summed E-state index contributed by atoms with van der Waals surface area (Å²) in [4.78, 5) is 0.296. The smallest absolute Gasteiger partial charge is 0.207 e. The Hall–Kier alpha value is 0.570. The molecule has 108 valence electrons. The molecule has 0 aromatic heterocycles. The fourth-order valence-corrected chi connectivity index (χ4v) is 4.63. The lowest BCUT2D eigenvalue weighted by Crippen LogP contribution is -2.28. The van der Waals surface area contributed by atoms with Crippen LogP contribution in [0.25, 0.3) is 0 Å². The van der Waals surface area contributed by atoms with Crippen LogP contribution < -0.4 is 0 Å². The summed E-state index contributed by atoms with van der Waals surface area (Å²) in [6.07, 6.45) is 2.95.